The van der Waals surface area contributed by atoms with Crippen LogP contribution in [0.5, 0.6) is 0 Å². The zero-order chi connectivity index (χ0) is 12.8. The Kier molecular flexibility index (Phi) is 3.20. The SMILES string of the molecule is OC1(Cc2ccc(F)cc2Br)CC2CCC(C1)N2. The van der Waals surface area contributed by atoms with Gasteiger partial charge in [0.1, 0.15) is 5.82 Å². The van der Waals surface area contributed by atoms with Gasteiger partial charge in [-0.05, 0) is 43.4 Å². The Morgan fingerprint density at radius 1 is 1.33 bits per heavy atom. The zero-order valence-corrected chi connectivity index (χ0v) is 11.7. The zero-order valence-electron chi connectivity index (χ0n) is 10.1. The number of halogens is 2. The maximum Gasteiger partial charge on any atom is 0.124 e. The first-order valence-corrected chi connectivity index (χ1v) is 7.26. The van der Waals surface area contributed by atoms with Gasteiger partial charge in [0.15, 0.2) is 0 Å². The molecule has 2 atom stereocenters. The second-order valence-electron chi connectivity index (χ2n) is 5.68. The number of nitrogens with one attached hydrogen (secondary N) is 1. The van der Waals surface area contributed by atoms with Crippen molar-refractivity contribution in [1.82, 2.24) is 5.32 Å². The minimum atomic E-state index is -0.641. The lowest BCUT2D eigenvalue weighted by molar-refractivity contribution is -0.00623. The van der Waals surface area contributed by atoms with Crippen molar-refractivity contribution < 1.29 is 9.50 Å². The minimum Gasteiger partial charge on any atom is -0.389 e. The van der Waals surface area contributed by atoms with Crippen molar-refractivity contribution >= 4 is 15.9 Å². The lowest BCUT2D eigenvalue weighted by atomic mass is 9.82. The summed E-state index contributed by atoms with van der Waals surface area (Å²) >= 11 is 3.38. The number of fused-ring (bicyclic) bond motifs is 2. The van der Waals surface area contributed by atoms with Crippen molar-refractivity contribution in [3.05, 3.63) is 34.1 Å². The van der Waals surface area contributed by atoms with Crippen LogP contribution in [0, 0.1) is 5.82 Å². The monoisotopic (exact) mass is 313 g/mol. The first kappa shape index (κ1) is 12.6. The largest absolute Gasteiger partial charge is 0.389 e. The highest BCUT2D eigenvalue weighted by atomic mass is 79.9. The van der Waals surface area contributed by atoms with Crippen molar-refractivity contribution in [3.63, 3.8) is 0 Å². The first-order chi connectivity index (χ1) is 8.54. The van der Waals surface area contributed by atoms with Crippen LogP contribution in [0.4, 0.5) is 4.39 Å². The molecule has 4 heteroatoms. The Bertz CT molecular complexity index is 453. The summed E-state index contributed by atoms with van der Waals surface area (Å²) in [6.45, 7) is 0. The van der Waals surface area contributed by atoms with Crippen LogP contribution in [-0.4, -0.2) is 22.8 Å². The Hall–Kier alpha value is -0.450. The van der Waals surface area contributed by atoms with Crippen molar-refractivity contribution in [1.29, 1.82) is 0 Å². The fraction of sp³-hybridized carbons (Fsp3) is 0.571. The molecule has 3 rings (SSSR count). The van der Waals surface area contributed by atoms with Gasteiger partial charge < -0.3 is 10.4 Å². The second-order valence-corrected chi connectivity index (χ2v) is 6.54. The molecular formula is C14H17BrFNO. The van der Waals surface area contributed by atoms with Crippen LogP contribution < -0.4 is 5.32 Å². The fourth-order valence-electron chi connectivity index (χ4n) is 3.39. The van der Waals surface area contributed by atoms with Crippen LogP contribution in [0.1, 0.15) is 31.2 Å². The number of benzene rings is 1. The third-order valence-electron chi connectivity index (χ3n) is 4.12. The number of hydrogen-bond donors (Lipinski definition) is 2. The lowest BCUT2D eigenvalue weighted by Gasteiger charge is -2.37. The topological polar surface area (TPSA) is 32.3 Å². The molecule has 2 heterocycles. The van der Waals surface area contributed by atoms with Gasteiger partial charge in [0, 0.05) is 23.0 Å². The van der Waals surface area contributed by atoms with Gasteiger partial charge in [-0.1, -0.05) is 22.0 Å². The molecular weight excluding hydrogens is 297 g/mol. The molecule has 98 valence electrons. The van der Waals surface area contributed by atoms with Crippen molar-refractivity contribution in [2.24, 2.45) is 0 Å². The van der Waals surface area contributed by atoms with Crippen LogP contribution in [-0.2, 0) is 6.42 Å². The molecule has 0 saturated carbocycles. The number of piperidine rings is 1. The summed E-state index contributed by atoms with van der Waals surface area (Å²) in [7, 11) is 0. The predicted molar refractivity (Wildman–Crippen MR) is 71.9 cm³/mol. The summed E-state index contributed by atoms with van der Waals surface area (Å²) in [5.41, 5.74) is 0.345. The molecule has 2 aliphatic rings. The van der Waals surface area contributed by atoms with E-state index in [9.17, 15) is 9.50 Å². The van der Waals surface area contributed by atoms with Crippen LogP contribution in [0.25, 0.3) is 0 Å². The third kappa shape index (κ3) is 2.46. The lowest BCUT2D eigenvalue weighted by Crippen LogP contribution is -2.49. The predicted octanol–water partition coefficient (Wildman–Crippen LogP) is 2.78. The molecule has 2 bridgehead atoms. The molecule has 2 saturated heterocycles. The summed E-state index contributed by atoms with van der Waals surface area (Å²) in [5, 5.41) is 14.3. The van der Waals surface area contributed by atoms with Gasteiger partial charge in [-0.25, -0.2) is 4.39 Å². The van der Waals surface area contributed by atoms with E-state index in [0.717, 1.165) is 35.7 Å². The fourth-order valence-corrected chi connectivity index (χ4v) is 3.88. The van der Waals surface area contributed by atoms with E-state index in [0.29, 0.717) is 18.5 Å². The van der Waals surface area contributed by atoms with Gasteiger partial charge >= 0.3 is 0 Å². The highest BCUT2D eigenvalue weighted by Crippen LogP contribution is 2.37. The van der Waals surface area contributed by atoms with Crippen molar-refractivity contribution in [2.75, 3.05) is 0 Å². The molecule has 0 aromatic heterocycles. The van der Waals surface area contributed by atoms with Crippen molar-refractivity contribution in [3.8, 4) is 0 Å². The molecule has 1 aromatic carbocycles. The van der Waals surface area contributed by atoms with Gasteiger partial charge in [-0.15, -0.1) is 0 Å². The molecule has 2 fully saturated rings. The normalized spacial score (nSPS) is 34.8. The van der Waals surface area contributed by atoms with E-state index in [2.05, 4.69) is 21.2 Å². The van der Waals surface area contributed by atoms with Crippen LogP contribution in [0.15, 0.2) is 22.7 Å². The third-order valence-corrected chi connectivity index (χ3v) is 4.86. The molecule has 2 aliphatic heterocycles. The van der Waals surface area contributed by atoms with E-state index in [-0.39, 0.29) is 5.82 Å². The molecule has 0 radical (unpaired) electrons. The standard InChI is InChI=1S/C14H17BrFNO/c15-13-5-10(16)2-1-9(13)6-14(18)7-11-3-4-12(8-14)17-11/h1-2,5,11-12,17-18H,3-4,6-8H2. The number of hydrogen-bond acceptors (Lipinski definition) is 2. The van der Waals surface area contributed by atoms with E-state index in [1.165, 1.54) is 12.1 Å². The van der Waals surface area contributed by atoms with Gasteiger partial charge in [-0.3, -0.25) is 0 Å². The van der Waals surface area contributed by atoms with Crippen LogP contribution in [0.3, 0.4) is 0 Å². The summed E-state index contributed by atoms with van der Waals surface area (Å²) in [6.07, 6.45) is 4.53. The van der Waals surface area contributed by atoms with Gasteiger partial charge in [-0.2, -0.15) is 0 Å². The smallest absolute Gasteiger partial charge is 0.124 e. The summed E-state index contributed by atoms with van der Waals surface area (Å²) in [5.74, 6) is -0.247. The average Bonchev–Trinajstić information content (AvgIpc) is 2.63. The van der Waals surface area contributed by atoms with E-state index in [1.807, 2.05) is 0 Å². The molecule has 2 nitrogen and oxygen atoms in total. The molecule has 0 spiro atoms. The Labute approximate surface area is 115 Å². The molecule has 1 aromatic rings. The van der Waals surface area contributed by atoms with E-state index in [1.54, 1.807) is 6.07 Å². The molecule has 0 amide bonds. The highest BCUT2D eigenvalue weighted by molar-refractivity contribution is 9.10. The van der Waals surface area contributed by atoms with Gasteiger partial charge in [0.25, 0.3) is 0 Å². The Balaban J connectivity index is 1.79. The maximum atomic E-state index is 13.1. The average molecular weight is 314 g/mol. The molecule has 2 unspecified atom stereocenters. The second kappa shape index (κ2) is 4.58. The molecule has 2 N–H and O–H groups in total. The van der Waals surface area contributed by atoms with E-state index in [4.69, 9.17) is 0 Å². The number of aliphatic hydroxyl groups is 1. The van der Waals surface area contributed by atoms with Gasteiger partial charge in [0.05, 0.1) is 5.60 Å². The van der Waals surface area contributed by atoms with Gasteiger partial charge in [0.2, 0.25) is 0 Å². The maximum absolute atomic E-state index is 13.1. The summed E-state index contributed by atoms with van der Waals surface area (Å²) < 4.78 is 13.8. The number of rotatable bonds is 2. The Morgan fingerprint density at radius 3 is 2.61 bits per heavy atom. The molecule has 0 aliphatic carbocycles. The highest BCUT2D eigenvalue weighted by Gasteiger charge is 2.42. The first-order valence-electron chi connectivity index (χ1n) is 6.46. The quantitative estimate of drug-likeness (QED) is 0.880. The summed E-state index contributed by atoms with van der Waals surface area (Å²) in [4.78, 5) is 0. The van der Waals surface area contributed by atoms with E-state index < -0.39 is 5.60 Å². The van der Waals surface area contributed by atoms with Crippen molar-refractivity contribution in [2.45, 2.75) is 49.8 Å². The molecule has 18 heavy (non-hydrogen) atoms. The summed E-state index contributed by atoms with van der Waals surface area (Å²) in [6, 6.07) is 5.59. The van der Waals surface area contributed by atoms with Crippen LogP contribution >= 0.6 is 15.9 Å². The minimum absolute atomic E-state index is 0.247. The Morgan fingerprint density at radius 2 is 2.00 bits per heavy atom. The van der Waals surface area contributed by atoms with E-state index >= 15 is 0 Å². The van der Waals surface area contributed by atoms with Crippen LogP contribution in [0.2, 0.25) is 0 Å².